The standard InChI is InChI=1S/C29H29ClF2N6O4.CH2O2/c1-36-20(18-5-6-21(42-2)23(32)22(18)31)12-34-24(36)25(39)35-16-3-4-17(19(30)11-16)26(40)37-7-9-38(10-8-37)27(41)28-13-29(33,14-28)15-28;2-1-3/h3-6,11-12H,7-10,13-15,33H2,1-2H3,(H,35,39);1H,(H,2,3). The fourth-order valence-electron chi connectivity index (χ4n) is 6.42. The third kappa shape index (κ3) is 5.71. The zero-order valence-corrected chi connectivity index (χ0v) is 25.2. The first kappa shape index (κ1) is 31.9. The summed E-state index contributed by atoms with van der Waals surface area (Å²) in [5, 5.41) is 9.71. The van der Waals surface area contributed by atoms with Gasteiger partial charge in [0.15, 0.2) is 17.4 Å². The van der Waals surface area contributed by atoms with Crippen LogP contribution in [0.3, 0.4) is 0 Å². The number of hydrogen-bond acceptors (Lipinski definition) is 7. The van der Waals surface area contributed by atoms with Crippen molar-refractivity contribution in [1.82, 2.24) is 19.4 Å². The fourth-order valence-corrected chi connectivity index (χ4v) is 6.68. The van der Waals surface area contributed by atoms with Gasteiger partial charge in [0.25, 0.3) is 18.3 Å². The number of nitrogens with one attached hydrogen (secondary N) is 1. The Kier molecular flexibility index (Phi) is 8.55. The second-order valence-electron chi connectivity index (χ2n) is 11.5. The summed E-state index contributed by atoms with van der Waals surface area (Å²) in [5.74, 6) is -3.29. The van der Waals surface area contributed by atoms with Crippen molar-refractivity contribution in [1.29, 1.82) is 0 Å². The number of halogens is 3. The normalized spacial score (nSPS) is 21.5. The number of carbonyl (C=O) groups excluding carboxylic acids is 3. The molecule has 2 heterocycles. The molecule has 1 saturated heterocycles. The van der Waals surface area contributed by atoms with E-state index in [1.54, 1.807) is 11.0 Å². The molecule has 4 aliphatic rings. The number of nitrogens with two attached hydrogens (primary N) is 1. The predicted octanol–water partition coefficient (Wildman–Crippen LogP) is 3.15. The Morgan fingerprint density at radius 3 is 2.27 bits per heavy atom. The Morgan fingerprint density at radius 2 is 1.69 bits per heavy atom. The van der Waals surface area contributed by atoms with Crippen molar-refractivity contribution in [3.05, 3.63) is 64.6 Å². The number of ether oxygens (including phenoxy) is 1. The lowest BCUT2D eigenvalue weighted by molar-refractivity contribution is -0.185. The zero-order valence-electron chi connectivity index (χ0n) is 24.5. The van der Waals surface area contributed by atoms with Gasteiger partial charge in [-0.05, 0) is 49.6 Å². The van der Waals surface area contributed by atoms with Gasteiger partial charge in [0.2, 0.25) is 11.7 Å². The number of aromatic nitrogens is 2. The van der Waals surface area contributed by atoms with Crippen molar-refractivity contribution in [2.45, 2.75) is 24.8 Å². The average molecular weight is 645 g/mol. The Bertz CT molecular complexity index is 1670. The molecule has 12 nitrogen and oxygen atoms in total. The van der Waals surface area contributed by atoms with Crippen LogP contribution in [0, 0.1) is 17.0 Å². The number of carbonyl (C=O) groups is 4. The van der Waals surface area contributed by atoms with E-state index in [1.807, 2.05) is 4.90 Å². The minimum atomic E-state index is -1.14. The summed E-state index contributed by atoms with van der Waals surface area (Å²) >= 11 is 6.45. The molecular weight excluding hydrogens is 614 g/mol. The predicted molar refractivity (Wildman–Crippen MR) is 159 cm³/mol. The van der Waals surface area contributed by atoms with E-state index in [1.165, 1.54) is 49.2 Å². The fraction of sp³-hybridized carbons (Fsp3) is 0.367. The molecule has 4 fully saturated rings. The lowest BCUT2D eigenvalue weighted by Gasteiger charge is -2.68. The molecule has 0 atom stereocenters. The quantitative estimate of drug-likeness (QED) is 0.345. The number of nitrogens with zero attached hydrogens (tertiary/aromatic N) is 4. The summed E-state index contributed by atoms with van der Waals surface area (Å²) in [6, 6.07) is 7.16. The minimum absolute atomic E-state index is 0.0511. The lowest BCUT2D eigenvalue weighted by Crippen LogP contribution is -2.77. The molecule has 2 bridgehead atoms. The monoisotopic (exact) mass is 644 g/mol. The summed E-state index contributed by atoms with van der Waals surface area (Å²) < 4.78 is 35.0. The van der Waals surface area contributed by atoms with Gasteiger partial charge in [-0.15, -0.1) is 0 Å². The van der Waals surface area contributed by atoms with E-state index in [-0.39, 0.29) is 62.7 Å². The molecule has 3 amide bonds. The molecule has 1 aliphatic heterocycles. The molecular formula is C30H31ClF2N6O6. The van der Waals surface area contributed by atoms with Gasteiger partial charge in [0.1, 0.15) is 0 Å². The molecule has 7 rings (SSSR count). The first-order chi connectivity index (χ1) is 21.4. The van der Waals surface area contributed by atoms with Crippen LogP contribution in [-0.2, 0) is 16.6 Å². The molecule has 0 radical (unpaired) electrons. The number of piperazine rings is 1. The Hall–Kier alpha value is -4.56. The molecule has 45 heavy (non-hydrogen) atoms. The minimum Gasteiger partial charge on any atom is -0.494 e. The highest BCUT2D eigenvalue weighted by Crippen LogP contribution is 2.66. The first-order valence-electron chi connectivity index (χ1n) is 14.0. The number of amides is 3. The highest BCUT2D eigenvalue weighted by Gasteiger charge is 2.70. The van der Waals surface area contributed by atoms with Gasteiger partial charge in [0.05, 0.1) is 35.0 Å². The zero-order chi connectivity index (χ0) is 32.7. The highest BCUT2D eigenvalue weighted by molar-refractivity contribution is 6.34. The smallest absolute Gasteiger partial charge is 0.291 e. The van der Waals surface area contributed by atoms with Crippen LogP contribution in [0.15, 0.2) is 36.5 Å². The Labute approximate surface area is 261 Å². The maximum Gasteiger partial charge on any atom is 0.291 e. The molecule has 0 spiro atoms. The summed E-state index contributed by atoms with van der Waals surface area (Å²) in [6.45, 7) is 1.44. The van der Waals surface area contributed by atoms with Gasteiger partial charge in [-0.2, -0.15) is 4.39 Å². The molecule has 3 aromatic rings. The van der Waals surface area contributed by atoms with Crippen molar-refractivity contribution >= 4 is 41.5 Å². The van der Waals surface area contributed by atoms with Crippen LogP contribution in [0.2, 0.25) is 5.02 Å². The van der Waals surface area contributed by atoms with E-state index in [9.17, 15) is 23.2 Å². The second-order valence-corrected chi connectivity index (χ2v) is 11.9. The molecule has 4 N–H and O–H groups in total. The first-order valence-corrected chi connectivity index (χ1v) is 14.3. The van der Waals surface area contributed by atoms with Gasteiger partial charge in [-0.3, -0.25) is 19.2 Å². The number of benzene rings is 2. The van der Waals surface area contributed by atoms with Crippen LogP contribution in [0.5, 0.6) is 5.75 Å². The Morgan fingerprint density at radius 1 is 1.07 bits per heavy atom. The van der Waals surface area contributed by atoms with Crippen molar-refractivity contribution in [3.63, 3.8) is 0 Å². The van der Waals surface area contributed by atoms with E-state index in [0.717, 1.165) is 19.3 Å². The van der Waals surface area contributed by atoms with E-state index in [0.29, 0.717) is 31.9 Å². The number of anilines is 1. The van der Waals surface area contributed by atoms with Crippen LogP contribution >= 0.6 is 11.6 Å². The SMILES string of the molecule is COc1ccc(-c2cnc(C(=O)Nc3ccc(C(=O)N4CCN(C(=O)C56CC(N)(C5)C6)CC4)c(Cl)c3)n2C)c(F)c1F.O=CO. The van der Waals surface area contributed by atoms with Crippen molar-refractivity contribution in [2.24, 2.45) is 18.2 Å². The summed E-state index contributed by atoms with van der Waals surface area (Å²) in [5.41, 5.74) is 6.37. The van der Waals surface area contributed by atoms with E-state index in [4.69, 9.17) is 32.0 Å². The molecule has 3 saturated carbocycles. The van der Waals surface area contributed by atoms with Gasteiger partial charge in [-0.1, -0.05) is 11.6 Å². The molecule has 238 valence electrons. The largest absolute Gasteiger partial charge is 0.494 e. The Balaban J connectivity index is 0.00000128. The van der Waals surface area contributed by atoms with Gasteiger partial charge in [-0.25, -0.2) is 9.37 Å². The third-order valence-corrected chi connectivity index (χ3v) is 8.88. The summed E-state index contributed by atoms with van der Waals surface area (Å²) in [4.78, 5) is 55.0. The van der Waals surface area contributed by atoms with Crippen LogP contribution < -0.4 is 15.8 Å². The van der Waals surface area contributed by atoms with Crippen LogP contribution in [0.1, 0.15) is 40.2 Å². The average Bonchev–Trinajstić information content (AvgIpc) is 3.37. The van der Waals surface area contributed by atoms with E-state index < -0.39 is 17.5 Å². The summed E-state index contributed by atoms with van der Waals surface area (Å²) in [7, 11) is 2.74. The number of rotatable bonds is 6. The van der Waals surface area contributed by atoms with Gasteiger partial charge >= 0.3 is 0 Å². The highest BCUT2D eigenvalue weighted by atomic mass is 35.5. The third-order valence-electron chi connectivity index (χ3n) is 8.57. The number of imidazole rings is 1. The topological polar surface area (TPSA) is 160 Å². The molecule has 3 aliphatic carbocycles. The van der Waals surface area contributed by atoms with Gasteiger partial charge < -0.3 is 35.3 Å². The second kappa shape index (κ2) is 12.1. The number of carboxylic acid groups (broad SMARTS) is 1. The molecule has 1 aromatic heterocycles. The molecule has 15 heteroatoms. The van der Waals surface area contributed by atoms with E-state index in [2.05, 4.69) is 10.3 Å². The molecule has 0 unspecified atom stereocenters. The lowest BCUT2D eigenvalue weighted by atomic mass is 9.39. The van der Waals surface area contributed by atoms with Crippen LogP contribution in [-0.4, -0.2) is 87.5 Å². The number of hydrogen-bond donors (Lipinski definition) is 3. The maximum absolute atomic E-state index is 14.6. The van der Waals surface area contributed by atoms with Crippen molar-refractivity contribution in [3.8, 4) is 17.0 Å². The van der Waals surface area contributed by atoms with Gasteiger partial charge in [0, 0.05) is 50.0 Å². The van der Waals surface area contributed by atoms with Crippen LogP contribution in [0.25, 0.3) is 11.3 Å². The van der Waals surface area contributed by atoms with Crippen LogP contribution in [0.4, 0.5) is 14.5 Å². The number of methoxy groups -OCH3 is 1. The van der Waals surface area contributed by atoms with E-state index >= 15 is 0 Å². The summed E-state index contributed by atoms with van der Waals surface area (Å²) in [6.07, 6.45) is 3.52. The van der Waals surface area contributed by atoms with Crippen molar-refractivity contribution < 1.29 is 37.8 Å². The maximum atomic E-state index is 14.6. The molecule has 2 aromatic carbocycles. The van der Waals surface area contributed by atoms with Crippen molar-refractivity contribution in [2.75, 3.05) is 38.6 Å².